The molecular formula is C28H35FN4O4S. The summed E-state index contributed by atoms with van der Waals surface area (Å²) in [5.74, 6) is -1.35. The van der Waals surface area contributed by atoms with E-state index in [2.05, 4.69) is 0 Å². The normalized spacial score (nSPS) is 21.1. The molecule has 2 amide bonds. The van der Waals surface area contributed by atoms with E-state index in [9.17, 15) is 14.4 Å². The number of benzene rings is 1. The number of hydrogen-bond acceptors (Lipinski definition) is 7. The fourth-order valence-corrected chi connectivity index (χ4v) is 6.20. The molecule has 0 N–H and O–H groups in total. The summed E-state index contributed by atoms with van der Waals surface area (Å²) >= 11 is 1.36. The third-order valence-electron chi connectivity index (χ3n) is 7.21. The molecule has 8 nitrogen and oxygen atoms in total. The van der Waals surface area contributed by atoms with E-state index in [1.807, 2.05) is 24.2 Å². The third-order valence-corrected chi connectivity index (χ3v) is 8.10. The molecule has 38 heavy (non-hydrogen) atoms. The SMILES string of the molecule is CCOC(=O)C1CCCN(C(=O)CC2=CSC3=NC(C)=C(C(=O)N(CC)CC)C(c4ccccc4F)N23)C1. The van der Waals surface area contributed by atoms with Crippen LogP contribution >= 0.6 is 11.8 Å². The zero-order chi connectivity index (χ0) is 27.4. The van der Waals surface area contributed by atoms with Crippen molar-refractivity contribution in [3.63, 3.8) is 0 Å². The standard InChI is InChI=1S/C28H35FN4O4S/c1-5-31(6-2)26(35)24-18(4)30-28-33(25(24)21-12-8-9-13-22(21)29)20(17-38-28)15-23(34)32-14-10-11-19(16-32)27(36)37-7-3/h8-9,12-13,17,19,25H,5-7,10-11,14-16H2,1-4H3. The largest absolute Gasteiger partial charge is 0.466 e. The van der Waals surface area contributed by atoms with Crippen molar-refractivity contribution < 1.29 is 23.5 Å². The van der Waals surface area contributed by atoms with E-state index in [4.69, 9.17) is 9.73 Å². The molecule has 0 aliphatic carbocycles. The van der Waals surface area contributed by atoms with Crippen LogP contribution in [0.25, 0.3) is 0 Å². The number of nitrogens with zero attached hydrogens (tertiary/aromatic N) is 4. The molecule has 2 unspecified atom stereocenters. The number of piperidine rings is 1. The summed E-state index contributed by atoms with van der Waals surface area (Å²) in [5.41, 5.74) is 1.96. The minimum absolute atomic E-state index is 0.0539. The van der Waals surface area contributed by atoms with Gasteiger partial charge in [-0.1, -0.05) is 30.0 Å². The molecular weight excluding hydrogens is 507 g/mol. The zero-order valence-electron chi connectivity index (χ0n) is 22.4. The molecule has 3 aliphatic rings. The van der Waals surface area contributed by atoms with Gasteiger partial charge in [0.25, 0.3) is 5.91 Å². The summed E-state index contributed by atoms with van der Waals surface area (Å²) in [6.07, 6.45) is 1.47. The van der Waals surface area contributed by atoms with Crippen molar-refractivity contribution in [2.45, 2.75) is 53.0 Å². The molecule has 2 atom stereocenters. The second kappa shape index (κ2) is 12.1. The van der Waals surface area contributed by atoms with E-state index in [1.165, 1.54) is 17.8 Å². The Bertz CT molecular complexity index is 1190. The molecule has 0 bridgehead atoms. The Balaban J connectivity index is 1.64. The third kappa shape index (κ3) is 5.50. The summed E-state index contributed by atoms with van der Waals surface area (Å²) in [6.45, 7) is 9.59. The Morgan fingerprint density at radius 2 is 1.92 bits per heavy atom. The van der Waals surface area contributed by atoms with Crippen LogP contribution in [0.1, 0.15) is 58.6 Å². The van der Waals surface area contributed by atoms with Crippen molar-refractivity contribution in [3.05, 3.63) is 58.0 Å². The van der Waals surface area contributed by atoms with Crippen LogP contribution in [0.15, 0.2) is 51.6 Å². The van der Waals surface area contributed by atoms with E-state index >= 15 is 4.39 Å². The highest BCUT2D eigenvalue weighted by Gasteiger charge is 2.43. The van der Waals surface area contributed by atoms with Gasteiger partial charge in [-0.05, 0) is 52.0 Å². The second-order valence-corrected chi connectivity index (χ2v) is 10.3. The lowest BCUT2D eigenvalue weighted by Crippen LogP contribution is -2.44. The molecule has 0 spiro atoms. The molecule has 3 heterocycles. The van der Waals surface area contributed by atoms with Crippen LogP contribution < -0.4 is 0 Å². The van der Waals surface area contributed by atoms with Gasteiger partial charge in [-0.2, -0.15) is 0 Å². The Hall–Kier alpha value is -3.14. The smallest absolute Gasteiger partial charge is 0.310 e. The van der Waals surface area contributed by atoms with Crippen molar-refractivity contribution in [2.75, 3.05) is 32.8 Å². The van der Waals surface area contributed by atoms with Crippen LogP contribution in [0.4, 0.5) is 4.39 Å². The Morgan fingerprint density at radius 1 is 1.18 bits per heavy atom. The first kappa shape index (κ1) is 27.9. The number of rotatable bonds is 8. The molecule has 1 saturated heterocycles. The van der Waals surface area contributed by atoms with Crippen LogP contribution in [-0.4, -0.2) is 70.4 Å². The summed E-state index contributed by atoms with van der Waals surface area (Å²) in [5, 5.41) is 2.47. The van der Waals surface area contributed by atoms with Gasteiger partial charge < -0.3 is 19.4 Å². The monoisotopic (exact) mass is 542 g/mol. The number of amidine groups is 1. The summed E-state index contributed by atoms with van der Waals surface area (Å²) in [6, 6.07) is 5.69. The van der Waals surface area contributed by atoms with E-state index < -0.39 is 11.9 Å². The van der Waals surface area contributed by atoms with Crippen LogP contribution in [-0.2, 0) is 19.1 Å². The highest BCUT2D eigenvalue weighted by atomic mass is 32.2. The molecule has 0 radical (unpaired) electrons. The quantitative estimate of drug-likeness (QED) is 0.451. The maximum Gasteiger partial charge on any atom is 0.310 e. The topological polar surface area (TPSA) is 82.5 Å². The lowest BCUT2D eigenvalue weighted by Gasteiger charge is -2.38. The second-order valence-electron chi connectivity index (χ2n) is 9.50. The summed E-state index contributed by atoms with van der Waals surface area (Å²) in [7, 11) is 0. The van der Waals surface area contributed by atoms with Crippen molar-refractivity contribution in [3.8, 4) is 0 Å². The fourth-order valence-electron chi connectivity index (χ4n) is 5.24. The van der Waals surface area contributed by atoms with E-state index in [-0.39, 0.29) is 30.1 Å². The van der Waals surface area contributed by atoms with Crippen molar-refractivity contribution in [2.24, 2.45) is 10.9 Å². The lowest BCUT2D eigenvalue weighted by molar-refractivity contribution is -0.151. The summed E-state index contributed by atoms with van der Waals surface area (Å²) in [4.78, 5) is 49.4. The number of esters is 1. The molecule has 1 aromatic carbocycles. The number of thioether (sulfide) groups is 1. The molecule has 0 saturated carbocycles. The first-order valence-corrected chi connectivity index (χ1v) is 14.1. The Labute approximate surface area is 227 Å². The van der Waals surface area contributed by atoms with Gasteiger partial charge in [-0.15, -0.1) is 0 Å². The Morgan fingerprint density at radius 3 is 2.61 bits per heavy atom. The van der Waals surface area contributed by atoms with Crippen molar-refractivity contribution in [1.82, 2.24) is 14.7 Å². The number of halogens is 1. The predicted octanol–water partition coefficient (Wildman–Crippen LogP) is 4.46. The van der Waals surface area contributed by atoms with E-state index in [0.29, 0.717) is 66.9 Å². The zero-order valence-corrected chi connectivity index (χ0v) is 23.2. The number of allylic oxidation sites excluding steroid dienone is 1. The maximum atomic E-state index is 15.3. The first-order valence-electron chi connectivity index (χ1n) is 13.2. The van der Waals surface area contributed by atoms with Gasteiger partial charge in [0.15, 0.2) is 5.17 Å². The molecule has 204 valence electrons. The number of carbonyl (C=O) groups excluding carboxylic acids is 3. The molecule has 10 heteroatoms. The van der Waals surface area contributed by atoms with Crippen LogP contribution in [0.5, 0.6) is 0 Å². The predicted molar refractivity (Wildman–Crippen MR) is 145 cm³/mol. The molecule has 3 aliphatic heterocycles. The van der Waals surface area contributed by atoms with E-state index in [1.54, 1.807) is 41.8 Å². The minimum Gasteiger partial charge on any atom is -0.466 e. The molecule has 1 aromatic rings. The first-order chi connectivity index (χ1) is 18.3. The lowest BCUT2D eigenvalue weighted by atomic mass is 9.92. The number of likely N-dealkylation sites (N-methyl/N-ethyl adjacent to an activating group) is 1. The van der Waals surface area contributed by atoms with Crippen LogP contribution in [0.2, 0.25) is 0 Å². The Kier molecular flexibility index (Phi) is 8.91. The van der Waals surface area contributed by atoms with Crippen molar-refractivity contribution in [1.29, 1.82) is 0 Å². The van der Waals surface area contributed by atoms with Crippen LogP contribution in [0.3, 0.4) is 0 Å². The number of amides is 2. The number of carbonyl (C=O) groups is 3. The number of fused-ring (bicyclic) bond motifs is 1. The average Bonchev–Trinajstić information content (AvgIpc) is 3.30. The number of aliphatic imine (C=N–C) groups is 1. The van der Waals surface area contributed by atoms with E-state index in [0.717, 1.165) is 6.42 Å². The van der Waals surface area contributed by atoms with Crippen LogP contribution in [0, 0.1) is 11.7 Å². The number of ether oxygens (including phenoxy) is 1. The van der Waals surface area contributed by atoms with Gasteiger partial charge in [-0.25, -0.2) is 9.38 Å². The maximum absolute atomic E-state index is 15.3. The highest BCUT2D eigenvalue weighted by Crippen LogP contribution is 2.45. The van der Waals surface area contributed by atoms with Gasteiger partial charge in [0.05, 0.1) is 36.3 Å². The average molecular weight is 543 g/mol. The van der Waals surface area contributed by atoms with Gasteiger partial charge in [-0.3, -0.25) is 14.4 Å². The highest BCUT2D eigenvalue weighted by molar-refractivity contribution is 8.16. The molecule has 0 aromatic heterocycles. The molecule has 1 fully saturated rings. The van der Waals surface area contributed by atoms with Gasteiger partial charge >= 0.3 is 5.97 Å². The van der Waals surface area contributed by atoms with Crippen molar-refractivity contribution >= 4 is 34.7 Å². The molecule has 4 rings (SSSR count). The van der Waals surface area contributed by atoms with Gasteiger partial charge in [0.1, 0.15) is 5.82 Å². The minimum atomic E-state index is -0.750. The summed E-state index contributed by atoms with van der Waals surface area (Å²) < 4.78 is 20.4. The number of hydrogen-bond donors (Lipinski definition) is 0. The number of likely N-dealkylation sites (tertiary alicyclic amines) is 1. The fraction of sp³-hybridized carbons (Fsp3) is 0.500. The van der Waals surface area contributed by atoms with Gasteiger partial charge in [0.2, 0.25) is 5.91 Å². The van der Waals surface area contributed by atoms with Gasteiger partial charge in [0, 0.05) is 37.4 Å².